The van der Waals surface area contributed by atoms with Gasteiger partial charge in [0.1, 0.15) is 19.3 Å². The van der Waals surface area contributed by atoms with Gasteiger partial charge in [0.05, 0.1) is 26.4 Å². The fourth-order valence-corrected chi connectivity index (χ4v) is 14.0. The first-order valence-electron chi connectivity index (χ1n) is 41.6. The quantitative estimate of drug-likeness (QED) is 0.0222. The zero-order valence-electron chi connectivity index (χ0n) is 64.6. The van der Waals surface area contributed by atoms with Gasteiger partial charge in [-0.3, -0.25) is 37.3 Å². The predicted octanol–water partition coefficient (Wildman–Crippen LogP) is 24.0. The fraction of sp³-hybridized carbons (Fsp3) is 0.950. The van der Waals surface area contributed by atoms with Crippen LogP contribution in [-0.4, -0.2) is 96.7 Å². The van der Waals surface area contributed by atoms with Gasteiger partial charge < -0.3 is 33.8 Å². The van der Waals surface area contributed by atoms with Crippen molar-refractivity contribution in [2.75, 3.05) is 39.6 Å². The van der Waals surface area contributed by atoms with Crippen molar-refractivity contribution in [3.8, 4) is 0 Å². The number of hydrogen-bond donors (Lipinski definition) is 3. The van der Waals surface area contributed by atoms with Crippen molar-refractivity contribution in [1.82, 2.24) is 0 Å². The molecule has 99 heavy (non-hydrogen) atoms. The zero-order valence-corrected chi connectivity index (χ0v) is 66.4. The molecule has 0 saturated heterocycles. The van der Waals surface area contributed by atoms with Crippen LogP contribution < -0.4 is 0 Å². The molecule has 0 rings (SSSR count). The molecule has 0 aromatic heterocycles. The number of carbonyl (C=O) groups is 4. The molecule has 2 unspecified atom stereocenters. The van der Waals surface area contributed by atoms with Crippen LogP contribution in [0.4, 0.5) is 0 Å². The second-order valence-electron chi connectivity index (χ2n) is 29.3. The summed E-state index contributed by atoms with van der Waals surface area (Å²) in [5.41, 5.74) is 0. The number of rotatable bonds is 80. The Morgan fingerprint density at radius 3 is 0.687 bits per heavy atom. The van der Waals surface area contributed by atoms with E-state index in [0.29, 0.717) is 25.7 Å². The standard InChI is InChI=1S/C80H156O17P2/c1-6-9-12-15-18-21-24-26-27-28-29-32-36-39-44-49-54-59-64-78(83)91-70-76(97-80(85)66-61-56-51-46-41-37-33-30-31-35-38-42-47-52-57-62-73(4)5)72-95-99(88,89)93-68-74(81)67-92-98(86,87)94-71-75(69-90-77(82)63-58-53-48-43-23-20-17-14-11-8-3)96-79(84)65-60-55-50-45-40-34-25-22-19-16-13-10-7-2/h73-76,81H,6-72H2,1-5H3,(H,86,87)(H,88,89)/t74-,75+,76+/m0/s1. The van der Waals surface area contributed by atoms with Crippen molar-refractivity contribution < 1.29 is 80.2 Å². The van der Waals surface area contributed by atoms with Crippen LogP contribution in [0.25, 0.3) is 0 Å². The molecule has 0 spiro atoms. The van der Waals surface area contributed by atoms with E-state index in [4.69, 9.17) is 37.0 Å². The first-order chi connectivity index (χ1) is 48.0. The summed E-state index contributed by atoms with van der Waals surface area (Å²) in [4.78, 5) is 73.0. The largest absolute Gasteiger partial charge is 0.472 e. The van der Waals surface area contributed by atoms with Crippen LogP contribution >= 0.6 is 15.6 Å². The number of aliphatic hydroxyl groups is 1. The van der Waals surface area contributed by atoms with Gasteiger partial charge in [0.15, 0.2) is 12.2 Å². The molecule has 0 aromatic rings. The van der Waals surface area contributed by atoms with Crippen LogP contribution in [0.5, 0.6) is 0 Å². The van der Waals surface area contributed by atoms with Crippen molar-refractivity contribution >= 4 is 39.5 Å². The predicted molar refractivity (Wildman–Crippen MR) is 405 cm³/mol. The average Bonchev–Trinajstić information content (AvgIpc) is 1.01. The van der Waals surface area contributed by atoms with Crippen molar-refractivity contribution in [2.45, 2.75) is 445 Å². The monoisotopic (exact) mass is 1450 g/mol. The molecule has 0 radical (unpaired) electrons. The summed E-state index contributed by atoms with van der Waals surface area (Å²) in [6.07, 6.45) is 63.7. The van der Waals surface area contributed by atoms with E-state index in [1.54, 1.807) is 0 Å². The summed E-state index contributed by atoms with van der Waals surface area (Å²) in [5.74, 6) is -1.30. The zero-order chi connectivity index (χ0) is 72.7. The van der Waals surface area contributed by atoms with E-state index in [0.717, 1.165) is 95.8 Å². The topological polar surface area (TPSA) is 237 Å². The van der Waals surface area contributed by atoms with Gasteiger partial charge in [0, 0.05) is 25.7 Å². The first-order valence-corrected chi connectivity index (χ1v) is 44.6. The minimum absolute atomic E-state index is 0.108. The Labute approximate surface area is 607 Å². The van der Waals surface area contributed by atoms with Gasteiger partial charge in [0.25, 0.3) is 0 Å². The van der Waals surface area contributed by atoms with E-state index >= 15 is 0 Å². The summed E-state index contributed by atoms with van der Waals surface area (Å²) in [6.45, 7) is 7.35. The smallest absolute Gasteiger partial charge is 0.462 e. The van der Waals surface area contributed by atoms with Gasteiger partial charge in [-0.1, -0.05) is 375 Å². The van der Waals surface area contributed by atoms with Crippen molar-refractivity contribution in [1.29, 1.82) is 0 Å². The highest BCUT2D eigenvalue weighted by Crippen LogP contribution is 2.45. The lowest BCUT2D eigenvalue weighted by atomic mass is 10.0. The van der Waals surface area contributed by atoms with Gasteiger partial charge >= 0.3 is 39.5 Å². The van der Waals surface area contributed by atoms with Crippen molar-refractivity contribution in [2.24, 2.45) is 5.92 Å². The lowest BCUT2D eigenvalue weighted by Gasteiger charge is -2.21. The molecule has 3 N–H and O–H groups in total. The molecule has 19 heteroatoms. The molecule has 0 fully saturated rings. The van der Waals surface area contributed by atoms with Gasteiger partial charge in [-0.15, -0.1) is 0 Å². The van der Waals surface area contributed by atoms with Crippen LogP contribution in [0, 0.1) is 5.92 Å². The third kappa shape index (κ3) is 74.1. The maximum atomic E-state index is 13.1. The maximum absolute atomic E-state index is 13.1. The highest BCUT2D eigenvalue weighted by molar-refractivity contribution is 7.47. The van der Waals surface area contributed by atoms with Crippen molar-refractivity contribution in [3.63, 3.8) is 0 Å². The third-order valence-corrected chi connectivity index (χ3v) is 20.7. The minimum Gasteiger partial charge on any atom is -0.462 e. The Balaban J connectivity index is 5.23. The molecule has 0 aromatic carbocycles. The molecule has 0 aliphatic rings. The summed E-state index contributed by atoms with van der Waals surface area (Å²) in [7, 11) is -9.91. The second kappa shape index (κ2) is 73.0. The lowest BCUT2D eigenvalue weighted by Crippen LogP contribution is -2.30. The Bertz CT molecular complexity index is 1890. The Kier molecular flexibility index (Phi) is 71.6. The number of hydrogen-bond acceptors (Lipinski definition) is 15. The molecule has 588 valence electrons. The molecule has 5 atom stereocenters. The van der Waals surface area contributed by atoms with E-state index in [9.17, 15) is 43.2 Å². The molecule has 0 amide bonds. The number of aliphatic hydroxyl groups excluding tert-OH is 1. The van der Waals surface area contributed by atoms with Crippen LogP contribution in [0.2, 0.25) is 0 Å². The third-order valence-electron chi connectivity index (χ3n) is 18.8. The van der Waals surface area contributed by atoms with Gasteiger partial charge in [0.2, 0.25) is 0 Å². The van der Waals surface area contributed by atoms with E-state index in [1.165, 1.54) is 250 Å². The van der Waals surface area contributed by atoms with Gasteiger partial charge in [-0.25, -0.2) is 9.13 Å². The first kappa shape index (κ1) is 97.1. The Hall–Kier alpha value is -1.94. The van der Waals surface area contributed by atoms with Gasteiger partial charge in [-0.2, -0.15) is 0 Å². The molecule has 0 saturated carbocycles. The molecule has 0 bridgehead atoms. The number of esters is 4. The highest BCUT2D eigenvalue weighted by atomic mass is 31.2. The number of carbonyl (C=O) groups excluding carboxylic acids is 4. The number of ether oxygens (including phenoxy) is 4. The fourth-order valence-electron chi connectivity index (χ4n) is 12.4. The normalized spacial score (nSPS) is 13.9. The van der Waals surface area contributed by atoms with Crippen LogP contribution in [-0.2, 0) is 65.4 Å². The molecule has 17 nitrogen and oxygen atoms in total. The molecule has 0 aliphatic carbocycles. The molecule has 0 heterocycles. The van der Waals surface area contributed by atoms with Gasteiger partial charge in [-0.05, 0) is 31.6 Å². The SMILES string of the molecule is CCCCCCCCCCCCCCCCCCCCC(=O)OC[C@H](COP(=O)(O)OC[C@@H](O)COP(=O)(O)OC[C@@H](COC(=O)CCCCCCCCCCCC)OC(=O)CCCCCCCCCCCCCCC)OC(=O)CCCCCCCCCCCCCCCCCC(C)C. The Morgan fingerprint density at radius 2 is 0.465 bits per heavy atom. The number of unbranched alkanes of at least 4 members (excludes halogenated alkanes) is 52. The summed E-state index contributed by atoms with van der Waals surface area (Å²) in [6, 6.07) is 0. The van der Waals surface area contributed by atoms with Crippen LogP contribution in [0.1, 0.15) is 426 Å². The molecule has 0 aliphatic heterocycles. The minimum atomic E-state index is -4.96. The van der Waals surface area contributed by atoms with E-state index in [2.05, 4.69) is 34.6 Å². The summed E-state index contributed by atoms with van der Waals surface area (Å²) < 4.78 is 68.7. The summed E-state index contributed by atoms with van der Waals surface area (Å²) >= 11 is 0. The van der Waals surface area contributed by atoms with E-state index in [1.807, 2.05) is 0 Å². The van der Waals surface area contributed by atoms with E-state index < -0.39 is 97.5 Å². The number of phosphoric acid groups is 2. The average molecular weight is 1450 g/mol. The highest BCUT2D eigenvalue weighted by Gasteiger charge is 2.30. The van der Waals surface area contributed by atoms with Crippen LogP contribution in [0.15, 0.2) is 0 Å². The maximum Gasteiger partial charge on any atom is 0.472 e. The number of phosphoric ester groups is 2. The second-order valence-corrected chi connectivity index (χ2v) is 32.2. The molecular weight excluding hydrogens is 1290 g/mol. The Morgan fingerprint density at radius 1 is 0.273 bits per heavy atom. The molecular formula is C80H156O17P2. The van der Waals surface area contributed by atoms with E-state index in [-0.39, 0.29) is 25.7 Å². The van der Waals surface area contributed by atoms with Crippen molar-refractivity contribution in [3.05, 3.63) is 0 Å². The van der Waals surface area contributed by atoms with Crippen LogP contribution in [0.3, 0.4) is 0 Å². The summed E-state index contributed by atoms with van der Waals surface area (Å²) in [5, 5.41) is 10.6. The lowest BCUT2D eigenvalue weighted by molar-refractivity contribution is -0.161.